The molecule has 1 nitrogen and oxygen atoms in total. The summed E-state index contributed by atoms with van der Waals surface area (Å²) in [5.74, 6) is 0.234. The van der Waals surface area contributed by atoms with Gasteiger partial charge in [0.1, 0.15) is 0 Å². The fourth-order valence-corrected chi connectivity index (χ4v) is 1.86. The summed E-state index contributed by atoms with van der Waals surface area (Å²) in [6, 6.07) is 0. The summed E-state index contributed by atoms with van der Waals surface area (Å²) in [4.78, 5) is 0. The fraction of sp³-hybridized carbons (Fsp3) is 0.714. The molecule has 0 fully saturated rings. The van der Waals surface area contributed by atoms with Gasteiger partial charge in [0.15, 0.2) is 0 Å². The summed E-state index contributed by atoms with van der Waals surface area (Å²) in [6.45, 7) is 10.7. The van der Waals surface area contributed by atoms with Crippen LogP contribution < -0.4 is 0 Å². The predicted octanol–water partition coefficient (Wildman–Crippen LogP) is 3.55. The van der Waals surface area contributed by atoms with Crippen LogP contribution in [0, 0.1) is 16.7 Å². The summed E-state index contributed by atoms with van der Waals surface area (Å²) in [6.07, 6.45) is 9.83. The van der Waals surface area contributed by atoms with Crippen LogP contribution in [0.2, 0.25) is 0 Å². The monoisotopic (exact) mass is 208 g/mol. The van der Waals surface area contributed by atoms with Gasteiger partial charge in [0.25, 0.3) is 0 Å². The Morgan fingerprint density at radius 1 is 1.27 bits per heavy atom. The van der Waals surface area contributed by atoms with E-state index in [9.17, 15) is 5.11 Å². The van der Waals surface area contributed by atoms with E-state index in [0.717, 1.165) is 6.42 Å². The van der Waals surface area contributed by atoms with E-state index in [4.69, 9.17) is 0 Å². The Balaban J connectivity index is 2.74. The third-order valence-electron chi connectivity index (χ3n) is 4.08. The molecule has 0 heterocycles. The first-order valence-electron chi connectivity index (χ1n) is 5.84. The number of hydrogen-bond acceptors (Lipinski definition) is 1. The van der Waals surface area contributed by atoms with E-state index in [-0.39, 0.29) is 22.9 Å². The first-order valence-corrected chi connectivity index (χ1v) is 5.84. The first kappa shape index (κ1) is 12.5. The van der Waals surface area contributed by atoms with Crippen molar-refractivity contribution in [3.63, 3.8) is 0 Å². The molecule has 0 aromatic heterocycles. The van der Waals surface area contributed by atoms with Crippen LogP contribution >= 0.6 is 0 Å². The Labute approximate surface area is 93.9 Å². The molecule has 1 N–H and O–H groups in total. The second kappa shape index (κ2) is 4.13. The molecule has 3 unspecified atom stereocenters. The van der Waals surface area contributed by atoms with E-state index in [1.807, 2.05) is 6.92 Å². The molecule has 86 valence electrons. The van der Waals surface area contributed by atoms with Crippen molar-refractivity contribution in [3.05, 3.63) is 24.3 Å². The highest BCUT2D eigenvalue weighted by Crippen LogP contribution is 2.49. The van der Waals surface area contributed by atoms with Gasteiger partial charge in [0.2, 0.25) is 0 Å². The first-order chi connectivity index (χ1) is 6.78. The number of aliphatic hydroxyl groups excluding tert-OH is 1. The molecular formula is C14H24O. The highest BCUT2D eigenvalue weighted by atomic mass is 16.3. The van der Waals surface area contributed by atoms with E-state index in [0.29, 0.717) is 0 Å². The standard InChI is InChI=1S/C14H24O/c1-11(12(2)15)7-10-14(5)9-6-8-13(14,3)4/h6-8,10-12,15H,9H2,1-5H3/b10-7-. The Kier molecular flexibility index (Phi) is 3.44. The van der Waals surface area contributed by atoms with E-state index in [2.05, 4.69) is 52.0 Å². The minimum absolute atomic E-state index is 0.205. The molecule has 1 rings (SSSR count). The Hall–Kier alpha value is -0.560. The Morgan fingerprint density at radius 2 is 1.87 bits per heavy atom. The lowest BCUT2D eigenvalue weighted by Crippen LogP contribution is -2.28. The highest BCUT2D eigenvalue weighted by Gasteiger charge is 2.39. The lowest BCUT2D eigenvalue weighted by Gasteiger charge is -2.36. The zero-order valence-electron chi connectivity index (χ0n) is 10.6. The number of allylic oxidation sites excluding steroid dienone is 3. The molecule has 0 saturated heterocycles. The van der Waals surface area contributed by atoms with Crippen molar-refractivity contribution in [3.8, 4) is 0 Å². The van der Waals surface area contributed by atoms with Gasteiger partial charge >= 0.3 is 0 Å². The van der Waals surface area contributed by atoms with Gasteiger partial charge in [0, 0.05) is 0 Å². The zero-order chi connectivity index (χ0) is 11.7. The van der Waals surface area contributed by atoms with Gasteiger partial charge in [-0.3, -0.25) is 0 Å². The van der Waals surface area contributed by atoms with Crippen LogP contribution in [0.1, 0.15) is 41.0 Å². The van der Waals surface area contributed by atoms with Gasteiger partial charge in [0.05, 0.1) is 6.10 Å². The molecule has 15 heavy (non-hydrogen) atoms. The number of rotatable bonds is 3. The smallest absolute Gasteiger partial charge is 0.0572 e. The summed E-state index contributed by atoms with van der Waals surface area (Å²) >= 11 is 0. The van der Waals surface area contributed by atoms with E-state index < -0.39 is 0 Å². The lowest BCUT2D eigenvalue weighted by atomic mass is 9.68. The third-order valence-corrected chi connectivity index (χ3v) is 4.08. The maximum atomic E-state index is 9.44. The van der Waals surface area contributed by atoms with Crippen molar-refractivity contribution in [2.45, 2.75) is 47.1 Å². The topological polar surface area (TPSA) is 20.2 Å². The van der Waals surface area contributed by atoms with Gasteiger partial charge in [-0.2, -0.15) is 0 Å². The number of hydrogen-bond donors (Lipinski definition) is 1. The summed E-state index contributed by atoms with van der Waals surface area (Å²) in [5, 5.41) is 9.44. The van der Waals surface area contributed by atoms with Gasteiger partial charge in [-0.05, 0) is 30.1 Å². The molecule has 1 heteroatoms. The van der Waals surface area contributed by atoms with Crippen molar-refractivity contribution < 1.29 is 5.11 Å². The molecule has 0 saturated carbocycles. The van der Waals surface area contributed by atoms with Crippen LogP contribution in [0.4, 0.5) is 0 Å². The molecule has 1 aliphatic rings. The Morgan fingerprint density at radius 3 is 2.27 bits per heavy atom. The van der Waals surface area contributed by atoms with Crippen LogP contribution in [0.25, 0.3) is 0 Å². The van der Waals surface area contributed by atoms with Crippen LogP contribution in [0.15, 0.2) is 24.3 Å². The molecule has 3 atom stereocenters. The van der Waals surface area contributed by atoms with Gasteiger partial charge < -0.3 is 5.11 Å². The van der Waals surface area contributed by atoms with E-state index in [1.54, 1.807) is 0 Å². The molecule has 1 aliphatic carbocycles. The normalized spacial score (nSPS) is 33.5. The molecule has 0 aromatic rings. The van der Waals surface area contributed by atoms with Crippen molar-refractivity contribution in [1.29, 1.82) is 0 Å². The highest BCUT2D eigenvalue weighted by molar-refractivity contribution is 5.20. The second-order valence-electron chi connectivity index (χ2n) is 5.70. The average molecular weight is 208 g/mol. The zero-order valence-corrected chi connectivity index (χ0v) is 10.6. The minimum Gasteiger partial charge on any atom is -0.393 e. The second-order valence-corrected chi connectivity index (χ2v) is 5.70. The van der Waals surface area contributed by atoms with Crippen LogP contribution in [0.3, 0.4) is 0 Å². The fourth-order valence-electron chi connectivity index (χ4n) is 1.86. The van der Waals surface area contributed by atoms with E-state index in [1.165, 1.54) is 0 Å². The summed E-state index contributed by atoms with van der Waals surface area (Å²) in [5.41, 5.74) is 0.429. The Bertz CT molecular complexity index is 273. The quantitative estimate of drug-likeness (QED) is 0.703. The van der Waals surface area contributed by atoms with Crippen LogP contribution in [-0.2, 0) is 0 Å². The van der Waals surface area contributed by atoms with Gasteiger partial charge in [-0.15, -0.1) is 0 Å². The molecular weight excluding hydrogens is 184 g/mol. The van der Waals surface area contributed by atoms with Crippen LogP contribution in [-0.4, -0.2) is 11.2 Å². The molecule has 0 aromatic carbocycles. The SMILES string of the molecule is CC(O)C(C)/C=C\C1(C)CC=CC1(C)C. The van der Waals surface area contributed by atoms with Gasteiger partial charge in [-0.25, -0.2) is 0 Å². The van der Waals surface area contributed by atoms with Crippen molar-refractivity contribution in [1.82, 2.24) is 0 Å². The van der Waals surface area contributed by atoms with Crippen LogP contribution in [0.5, 0.6) is 0 Å². The minimum atomic E-state index is -0.262. The van der Waals surface area contributed by atoms with Crippen molar-refractivity contribution >= 4 is 0 Å². The predicted molar refractivity (Wildman–Crippen MR) is 65.6 cm³/mol. The lowest BCUT2D eigenvalue weighted by molar-refractivity contribution is 0.155. The molecule has 0 aliphatic heterocycles. The maximum absolute atomic E-state index is 9.44. The largest absolute Gasteiger partial charge is 0.393 e. The molecule has 0 amide bonds. The average Bonchev–Trinajstić information content (AvgIpc) is 2.38. The van der Waals surface area contributed by atoms with Gasteiger partial charge in [-0.1, -0.05) is 52.0 Å². The summed E-state index contributed by atoms with van der Waals surface area (Å²) < 4.78 is 0. The molecule has 0 bridgehead atoms. The van der Waals surface area contributed by atoms with Crippen molar-refractivity contribution in [2.75, 3.05) is 0 Å². The number of aliphatic hydroxyl groups is 1. The maximum Gasteiger partial charge on any atom is 0.0572 e. The van der Waals surface area contributed by atoms with Crippen molar-refractivity contribution in [2.24, 2.45) is 16.7 Å². The molecule has 0 radical (unpaired) electrons. The summed E-state index contributed by atoms with van der Waals surface area (Å²) in [7, 11) is 0. The third kappa shape index (κ3) is 2.52. The molecule has 0 spiro atoms. The van der Waals surface area contributed by atoms with E-state index >= 15 is 0 Å².